The van der Waals surface area contributed by atoms with E-state index in [0.717, 1.165) is 0 Å². The zero-order valence-electron chi connectivity index (χ0n) is 9.97. The third-order valence-corrected chi connectivity index (χ3v) is 2.67. The van der Waals surface area contributed by atoms with E-state index in [0.29, 0.717) is 16.1 Å². The van der Waals surface area contributed by atoms with Gasteiger partial charge in [0.05, 0.1) is 0 Å². The molecule has 0 aliphatic rings. The summed E-state index contributed by atoms with van der Waals surface area (Å²) in [5.41, 5.74) is -0.532. The van der Waals surface area contributed by atoms with Gasteiger partial charge in [-0.25, -0.2) is 4.39 Å². The van der Waals surface area contributed by atoms with Gasteiger partial charge in [-0.05, 0) is 44.0 Å². The molecule has 0 atom stereocenters. The predicted molar refractivity (Wildman–Crippen MR) is 64.3 cm³/mol. The molecule has 0 fully saturated rings. The third kappa shape index (κ3) is 3.68. The number of carbonyl (C=O) groups excluding carboxylic acids is 1. The Bertz CT molecular complexity index is 441. The van der Waals surface area contributed by atoms with Crippen molar-refractivity contribution in [2.45, 2.75) is 32.9 Å². The van der Waals surface area contributed by atoms with Gasteiger partial charge in [0.15, 0.2) is 0 Å². The normalized spacial score (nSPS) is 11.4. The van der Waals surface area contributed by atoms with Crippen LogP contribution in [0.15, 0.2) is 12.1 Å². The van der Waals surface area contributed by atoms with E-state index in [1.807, 2.05) is 0 Å². The van der Waals surface area contributed by atoms with Crippen LogP contribution in [0, 0.1) is 12.7 Å². The van der Waals surface area contributed by atoms with Gasteiger partial charge >= 0.3 is 0 Å². The van der Waals surface area contributed by atoms with E-state index in [-0.39, 0.29) is 12.4 Å². The average molecular weight is 260 g/mol. The number of amides is 1. The maximum Gasteiger partial charge on any atom is 0.251 e. The fourth-order valence-electron chi connectivity index (χ4n) is 1.21. The van der Waals surface area contributed by atoms with Crippen LogP contribution in [-0.2, 0) is 11.3 Å². The third-order valence-electron chi connectivity index (χ3n) is 2.32. The van der Waals surface area contributed by atoms with Crippen molar-refractivity contribution in [3.05, 3.63) is 34.1 Å². The lowest BCUT2D eigenvalue weighted by atomic mass is 10.1. The number of hydrogen-bond acceptors (Lipinski definition) is 2. The second-order valence-electron chi connectivity index (χ2n) is 4.43. The maximum atomic E-state index is 13.3. The Morgan fingerprint density at radius 2 is 2.12 bits per heavy atom. The number of benzene rings is 1. The molecule has 5 heteroatoms. The van der Waals surface area contributed by atoms with E-state index >= 15 is 0 Å². The standard InChI is InChI=1S/C12H15ClFNO2/c1-7-4-9(13)8(5-10(7)14)6-15-11(16)12(2,3)17/h4-5,17H,6H2,1-3H3,(H,15,16). The molecule has 1 amide bonds. The second kappa shape index (κ2) is 5.02. The molecule has 0 saturated heterocycles. The van der Waals surface area contributed by atoms with E-state index in [9.17, 15) is 14.3 Å². The topological polar surface area (TPSA) is 49.3 Å². The largest absolute Gasteiger partial charge is 0.381 e. The first-order valence-electron chi connectivity index (χ1n) is 5.17. The van der Waals surface area contributed by atoms with E-state index in [2.05, 4.69) is 5.32 Å². The lowest BCUT2D eigenvalue weighted by Crippen LogP contribution is -2.41. The molecule has 0 aromatic heterocycles. The van der Waals surface area contributed by atoms with Gasteiger partial charge in [0, 0.05) is 11.6 Å². The van der Waals surface area contributed by atoms with Crippen molar-refractivity contribution in [1.82, 2.24) is 5.32 Å². The average Bonchev–Trinajstić information content (AvgIpc) is 2.19. The summed E-state index contributed by atoms with van der Waals surface area (Å²) in [5, 5.41) is 12.3. The smallest absolute Gasteiger partial charge is 0.251 e. The van der Waals surface area contributed by atoms with Crippen LogP contribution >= 0.6 is 11.6 Å². The summed E-state index contributed by atoms with van der Waals surface area (Å²) in [6, 6.07) is 2.78. The van der Waals surface area contributed by atoms with Gasteiger partial charge in [-0.1, -0.05) is 11.6 Å². The Morgan fingerprint density at radius 3 is 2.65 bits per heavy atom. The van der Waals surface area contributed by atoms with Gasteiger partial charge in [0.1, 0.15) is 11.4 Å². The van der Waals surface area contributed by atoms with Gasteiger partial charge in [0.2, 0.25) is 0 Å². The number of halogens is 2. The summed E-state index contributed by atoms with van der Waals surface area (Å²) in [7, 11) is 0. The molecule has 1 aromatic carbocycles. The molecule has 0 radical (unpaired) electrons. The minimum atomic E-state index is -1.46. The van der Waals surface area contributed by atoms with E-state index in [4.69, 9.17) is 11.6 Å². The van der Waals surface area contributed by atoms with Crippen LogP contribution in [0.4, 0.5) is 4.39 Å². The summed E-state index contributed by atoms with van der Waals surface area (Å²) < 4.78 is 13.3. The van der Waals surface area contributed by atoms with Crippen molar-refractivity contribution < 1.29 is 14.3 Å². The van der Waals surface area contributed by atoms with E-state index in [1.165, 1.54) is 26.0 Å². The summed E-state index contributed by atoms with van der Waals surface area (Å²) >= 11 is 5.92. The highest BCUT2D eigenvalue weighted by Crippen LogP contribution is 2.20. The van der Waals surface area contributed by atoms with E-state index < -0.39 is 11.5 Å². The van der Waals surface area contributed by atoms with Gasteiger partial charge in [-0.15, -0.1) is 0 Å². The Morgan fingerprint density at radius 1 is 1.53 bits per heavy atom. The first-order valence-corrected chi connectivity index (χ1v) is 5.55. The van der Waals surface area contributed by atoms with Gasteiger partial charge in [0.25, 0.3) is 5.91 Å². The van der Waals surface area contributed by atoms with Crippen molar-refractivity contribution in [3.63, 3.8) is 0 Å². The van der Waals surface area contributed by atoms with Gasteiger partial charge in [-0.3, -0.25) is 4.79 Å². The summed E-state index contributed by atoms with van der Waals surface area (Å²) in [4.78, 5) is 11.4. The molecule has 3 nitrogen and oxygen atoms in total. The number of hydrogen-bond donors (Lipinski definition) is 2. The van der Waals surface area contributed by atoms with Crippen LogP contribution in [0.3, 0.4) is 0 Å². The van der Waals surface area contributed by atoms with Crippen molar-refractivity contribution >= 4 is 17.5 Å². The van der Waals surface area contributed by atoms with Crippen LogP contribution in [0.5, 0.6) is 0 Å². The van der Waals surface area contributed by atoms with E-state index in [1.54, 1.807) is 6.92 Å². The highest BCUT2D eigenvalue weighted by Gasteiger charge is 2.23. The Hall–Kier alpha value is -1.13. The number of rotatable bonds is 3. The summed E-state index contributed by atoms with van der Waals surface area (Å²) in [6.07, 6.45) is 0. The molecule has 0 heterocycles. The molecule has 1 rings (SSSR count). The molecular formula is C12H15ClFNO2. The Labute approximate surface area is 105 Å². The molecular weight excluding hydrogens is 245 g/mol. The van der Waals surface area contributed by atoms with Crippen LogP contribution in [-0.4, -0.2) is 16.6 Å². The SMILES string of the molecule is Cc1cc(Cl)c(CNC(=O)C(C)(C)O)cc1F. The number of carbonyl (C=O) groups is 1. The van der Waals surface area contributed by atoms with Crippen molar-refractivity contribution in [1.29, 1.82) is 0 Å². The second-order valence-corrected chi connectivity index (χ2v) is 4.84. The first kappa shape index (κ1) is 13.9. The molecule has 2 N–H and O–H groups in total. The fourth-order valence-corrected chi connectivity index (χ4v) is 1.50. The lowest BCUT2D eigenvalue weighted by molar-refractivity contribution is -0.136. The Kier molecular flexibility index (Phi) is 4.11. The predicted octanol–water partition coefficient (Wildman–Crippen LogP) is 2.17. The molecule has 0 unspecified atom stereocenters. The number of aryl methyl sites for hydroxylation is 1. The molecule has 0 spiro atoms. The van der Waals surface area contributed by atoms with Gasteiger partial charge < -0.3 is 10.4 Å². The monoisotopic (exact) mass is 259 g/mol. The quantitative estimate of drug-likeness (QED) is 0.874. The molecule has 0 aliphatic heterocycles. The maximum absolute atomic E-state index is 13.3. The molecule has 0 saturated carbocycles. The lowest BCUT2D eigenvalue weighted by Gasteiger charge is -2.17. The highest BCUT2D eigenvalue weighted by molar-refractivity contribution is 6.31. The first-order chi connectivity index (χ1) is 7.71. The van der Waals surface area contributed by atoms with Crippen LogP contribution < -0.4 is 5.32 Å². The van der Waals surface area contributed by atoms with Crippen LogP contribution in [0.2, 0.25) is 5.02 Å². The number of nitrogens with one attached hydrogen (secondary N) is 1. The zero-order valence-corrected chi connectivity index (χ0v) is 10.7. The minimum absolute atomic E-state index is 0.0822. The molecule has 1 aromatic rings. The van der Waals surface area contributed by atoms with Crippen molar-refractivity contribution in [3.8, 4) is 0 Å². The zero-order chi connectivity index (χ0) is 13.2. The van der Waals surface area contributed by atoms with Crippen LogP contribution in [0.1, 0.15) is 25.0 Å². The molecule has 94 valence electrons. The highest BCUT2D eigenvalue weighted by atomic mass is 35.5. The fraction of sp³-hybridized carbons (Fsp3) is 0.417. The van der Waals surface area contributed by atoms with Crippen molar-refractivity contribution in [2.75, 3.05) is 0 Å². The summed E-state index contributed by atoms with van der Waals surface area (Å²) in [5.74, 6) is -0.906. The Balaban J connectivity index is 2.77. The van der Waals surface area contributed by atoms with Crippen LogP contribution in [0.25, 0.3) is 0 Å². The molecule has 0 aliphatic carbocycles. The molecule has 0 bridgehead atoms. The van der Waals surface area contributed by atoms with Crippen molar-refractivity contribution in [2.24, 2.45) is 0 Å². The summed E-state index contributed by atoms with van der Waals surface area (Å²) in [6.45, 7) is 4.44. The van der Waals surface area contributed by atoms with Gasteiger partial charge in [-0.2, -0.15) is 0 Å². The molecule has 17 heavy (non-hydrogen) atoms. The number of aliphatic hydroxyl groups is 1. The minimum Gasteiger partial charge on any atom is -0.381 e.